The first-order valence-electron chi connectivity index (χ1n) is 10.2. The van der Waals surface area contributed by atoms with E-state index >= 15 is 0 Å². The number of hydrogen-bond donors (Lipinski definition) is 0. The molecule has 1 aliphatic rings. The van der Waals surface area contributed by atoms with Gasteiger partial charge in [-0.1, -0.05) is 13.8 Å². The van der Waals surface area contributed by atoms with Crippen LogP contribution in [0.5, 0.6) is 0 Å². The Morgan fingerprint density at radius 1 is 1.29 bits per heavy atom. The van der Waals surface area contributed by atoms with Crippen molar-refractivity contribution in [2.24, 2.45) is 5.92 Å². The van der Waals surface area contributed by atoms with Crippen LogP contribution in [0.2, 0.25) is 0 Å². The number of aryl methyl sites for hydroxylation is 2. The minimum atomic E-state index is 0.00723. The zero-order chi connectivity index (χ0) is 19.7. The van der Waals surface area contributed by atoms with E-state index in [0.717, 1.165) is 60.7 Å². The second-order valence-electron chi connectivity index (χ2n) is 7.76. The minimum Gasteiger partial charge on any atom is -0.343 e. The van der Waals surface area contributed by atoms with Gasteiger partial charge in [0.05, 0.1) is 5.52 Å². The highest BCUT2D eigenvalue weighted by atomic mass is 32.1. The third-order valence-electron chi connectivity index (χ3n) is 5.65. The van der Waals surface area contributed by atoms with Gasteiger partial charge < -0.3 is 4.90 Å². The van der Waals surface area contributed by atoms with Gasteiger partial charge in [0.25, 0.3) is 5.56 Å². The Labute approximate surface area is 168 Å². The molecule has 1 aliphatic heterocycles. The number of rotatable bonds is 6. The molecular weight excluding hydrogens is 374 g/mol. The maximum absolute atomic E-state index is 12.7. The molecule has 0 unspecified atom stereocenters. The predicted octanol–water partition coefficient (Wildman–Crippen LogP) is 3.10. The van der Waals surface area contributed by atoms with Crippen LogP contribution in [0.4, 0.5) is 0 Å². The van der Waals surface area contributed by atoms with Gasteiger partial charge in [-0.05, 0) is 43.0 Å². The summed E-state index contributed by atoms with van der Waals surface area (Å²) in [6.07, 6.45) is 5.01. The van der Waals surface area contributed by atoms with Crippen LogP contribution in [0.1, 0.15) is 51.8 Å². The highest BCUT2D eigenvalue weighted by molar-refractivity contribution is 7.17. The van der Waals surface area contributed by atoms with Crippen molar-refractivity contribution in [3.63, 3.8) is 0 Å². The van der Waals surface area contributed by atoms with Crippen LogP contribution in [-0.2, 0) is 17.8 Å². The molecule has 4 heterocycles. The molecule has 8 heteroatoms. The molecule has 7 nitrogen and oxygen atoms in total. The number of likely N-dealkylation sites (tertiary alicyclic amines) is 1. The topological polar surface area (TPSA) is 72.5 Å². The average Bonchev–Trinajstić information content (AvgIpc) is 3.32. The lowest BCUT2D eigenvalue weighted by atomic mass is 9.99. The van der Waals surface area contributed by atoms with Crippen LogP contribution in [0.25, 0.3) is 16.0 Å². The van der Waals surface area contributed by atoms with Gasteiger partial charge in [0.2, 0.25) is 11.7 Å². The smallest absolute Gasteiger partial charge is 0.272 e. The normalized spacial score (nSPS) is 15.7. The van der Waals surface area contributed by atoms with Gasteiger partial charge in [0.1, 0.15) is 10.5 Å². The summed E-state index contributed by atoms with van der Waals surface area (Å²) in [5.41, 5.74) is 0.876. The molecule has 0 atom stereocenters. The van der Waals surface area contributed by atoms with Gasteiger partial charge >= 0.3 is 0 Å². The van der Waals surface area contributed by atoms with Crippen LogP contribution < -0.4 is 5.56 Å². The van der Waals surface area contributed by atoms with Crippen LogP contribution in [-0.4, -0.2) is 43.1 Å². The van der Waals surface area contributed by atoms with Crippen molar-refractivity contribution in [1.29, 1.82) is 0 Å². The maximum atomic E-state index is 12.7. The Morgan fingerprint density at radius 2 is 2.07 bits per heavy atom. The molecule has 0 aliphatic carbocycles. The number of piperidine rings is 1. The van der Waals surface area contributed by atoms with E-state index in [1.54, 1.807) is 4.57 Å². The Balaban J connectivity index is 1.53. The van der Waals surface area contributed by atoms with E-state index in [-0.39, 0.29) is 11.5 Å². The number of fused-ring (bicyclic) bond motifs is 3. The summed E-state index contributed by atoms with van der Waals surface area (Å²) in [5.74, 6) is 2.39. The molecule has 0 aromatic carbocycles. The van der Waals surface area contributed by atoms with E-state index in [4.69, 9.17) is 0 Å². The van der Waals surface area contributed by atoms with Gasteiger partial charge in [0.15, 0.2) is 0 Å². The number of thiophene rings is 1. The van der Waals surface area contributed by atoms with Crippen molar-refractivity contribution in [2.45, 2.75) is 58.9 Å². The van der Waals surface area contributed by atoms with Gasteiger partial charge in [-0.3, -0.25) is 18.6 Å². The summed E-state index contributed by atoms with van der Waals surface area (Å²) < 4.78 is 4.45. The van der Waals surface area contributed by atoms with E-state index < -0.39 is 0 Å². The van der Waals surface area contributed by atoms with Crippen molar-refractivity contribution in [2.75, 3.05) is 13.1 Å². The lowest BCUT2D eigenvalue weighted by Crippen LogP contribution is -2.37. The molecule has 0 radical (unpaired) electrons. The molecule has 3 aromatic rings. The monoisotopic (exact) mass is 401 g/mol. The van der Waals surface area contributed by atoms with E-state index in [0.29, 0.717) is 25.2 Å². The molecule has 150 valence electrons. The summed E-state index contributed by atoms with van der Waals surface area (Å²) in [4.78, 5) is 27.2. The van der Waals surface area contributed by atoms with E-state index in [1.807, 2.05) is 27.7 Å². The molecule has 1 fully saturated rings. The fourth-order valence-corrected chi connectivity index (χ4v) is 4.81. The van der Waals surface area contributed by atoms with Gasteiger partial charge in [-0.2, -0.15) is 0 Å². The third-order valence-corrected chi connectivity index (χ3v) is 6.55. The SMILES string of the molecule is CCCn1c(=O)c2sccc2n2c(CCCC(=O)N3CCC(C)CC3)nnc12. The summed E-state index contributed by atoms with van der Waals surface area (Å²) >= 11 is 1.46. The Bertz CT molecular complexity index is 1040. The number of hydrogen-bond acceptors (Lipinski definition) is 5. The third kappa shape index (κ3) is 3.45. The number of carbonyl (C=O) groups excluding carboxylic acids is 1. The first kappa shape index (κ1) is 19.1. The molecule has 28 heavy (non-hydrogen) atoms. The standard InChI is InChI=1S/C20H27N5O2S/c1-3-10-24-19(27)18-15(9-13-28-18)25-16(21-22-20(24)25)5-4-6-17(26)23-11-7-14(2)8-12-23/h9,13-14H,3-8,10-12H2,1-2H3. The van der Waals surface area contributed by atoms with E-state index in [2.05, 4.69) is 17.1 Å². The van der Waals surface area contributed by atoms with Crippen molar-refractivity contribution in [3.05, 3.63) is 27.6 Å². The Morgan fingerprint density at radius 3 is 2.82 bits per heavy atom. The average molecular weight is 402 g/mol. The highest BCUT2D eigenvalue weighted by Gasteiger charge is 2.21. The van der Waals surface area contributed by atoms with Gasteiger partial charge in [-0.15, -0.1) is 21.5 Å². The lowest BCUT2D eigenvalue weighted by molar-refractivity contribution is -0.132. The molecule has 0 spiro atoms. The van der Waals surface area contributed by atoms with Crippen molar-refractivity contribution < 1.29 is 4.79 Å². The fraction of sp³-hybridized carbons (Fsp3) is 0.600. The fourth-order valence-electron chi connectivity index (χ4n) is 3.98. The summed E-state index contributed by atoms with van der Waals surface area (Å²) in [5, 5.41) is 10.6. The van der Waals surface area contributed by atoms with E-state index in [9.17, 15) is 9.59 Å². The maximum Gasteiger partial charge on any atom is 0.272 e. The molecule has 0 saturated carbocycles. The van der Waals surface area contributed by atoms with E-state index in [1.165, 1.54) is 11.3 Å². The molecule has 3 aromatic heterocycles. The zero-order valence-corrected chi connectivity index (χ0v) is 17.4. The first-order chi connectivity index (χ1) is 13.6. The minimum absolute atomic E-state index is 0.00723. The highest BCUT2D eigenvalue weighted by Crippen LogP contribution is 2.21. The number of carbonyl (C=O) groups is 1. The van der Waals surface area contributed by atoms with Gasteiger partial charge in [0, 0.05) is 32.5 Å². The van der Waals surface area contributed by atoms with Crippen molar-refractivity contribution in [3.8, 4) is 0 Å². The lowest BCUT2D eigenvalue weighted by Gasteiger charge is -2.30. The second-order valence-corrected chi connectivity index (χ2v) is 8.68. The Hall–Kier alpha value is -2.22. The largest absolute Gasteiger partial charge is 0.343 e. The van der Waals surface area contributed by atoms with Gasteiger partial charge in [-0.25, -0.2) is 0 Å². The second kappa shape index (κ2) is 8.03. The number of aromatic nitrogens is 4. The van der Waals surface area contributed by atoms with Crippen LogP contribution in [0.3, 0.4) is 0 Å². The first-order valence-corrected chi connectivity index (χ1v) is 11.1. The molecule has 0 N–H and O–H groups in total. The molecule has 0 bridgehead atoms. The molecule has 1 saturated heterocycles. The summed E-state index contributed by atoms with van der Waals surface area (Å²) in [7, 11) is 0. The predicted molar refractivity (Wildman–Crippen MR) is 111 cm³/mol. The van der Waals surface area contributed by atoms with Crippen LogP contribution in [0.15, 0.2) is 16.2 Å². The summed E-state index contributed by atoms with van der Waals surface area (Å²) in [6, 6.07) is 1.96. The molecule has 1 amide bonds. The number of nitrogens with zero attached hydrogens (tertiary/aromatic N) is 5. The molecule has 4 rings (SSSR count). The van der Waals surface area contributed by atoms with Crippen molar-refractivity contribution in [1.82, 2.24) is 24.1 Å². The number of amides is 1. The Kier molecular flexibility index (Phi) is 5.48. The van der Waals surface area contributed by atoms with Crippen molar-refractivity contribution >= 4 is 33.2 Å². The summed E-state index contributed by atoms with van der Waals surface area (Å²) in [6.45, 7) is 6.69. The van der Waals surface area contributed by atoms with Crippen LogP contribution in [0, 0.1) is 5.92 Å². The van der Waals surface area contributed by atoms with Crippen LogP contribution >= 0.6 is 11.3 Å². The quantitative estimate of drug-likeness (QED) is 0.636. The molecular formula is C20H27N5O2S. The zero-order valence-electron chi connectivity index (χ0n) is 16.6.